The van der Waals surface area contributed by atoms with E-state index < -0.39 is 0 Å². The Morgan fingerprint density at radius 2 is 1.75 bits per heavy atom. The summed E-state index contributed by atoms with van der Waals surface area (Å²) < 4.78 is 0. The highest BCUT2D eigenvalue weighted by Gasteiger charge is 2.20. The van der Waals surface area contributed by atoms with Gasteiger partial charge in [0.05, 0.1) is 11.8 Å². The smallest absolute Gasteiger partial charge is 0.225 e. The van der Waals surface area contributed by atoms with Gasteiger partial charge < -0.3 is 0 Å². The predicted molar refractivity (Wildman–Crippen MR) is 99.0 cm³/mol. The fourth-order valence-corrected chi connectivity index (χ4v) is 3.94. The highest BCUT2D eigenvalue weighted by Crippen LogP contribution is 2.37. The molecule has 1 aliphatic heterocycles. The standard InChI is InChI=1S/C19H17Cl2N3/c20-17-16-7-4-12-24(18(16)23-19(21)22-17)15-10-8-14(9-11-15)13-5-2-1-3-6-13/h7-13H,1-3,5-6H2. The third-order valence-electron chi connectivity index (χ3n) is 4.76. The second-order valence-electron chi connectivity index (χ2n) is 6.26. The van der Waals surface area contributed by atoms with Gasteiger partial charge in [0.25, 0.3) is 0 Å². The number of aromatic nitrogens is 2. The third-order valence-corrected chi connectivity index (χ3v) is 5.22. The summed E-state index contributed by atoms with van der Waals surface area (Å²) >= 11 is 12.2. The van der Waals surface area contributed by atoms with E-state index in [1.165, 1.54) is 37.7 Å². The summed E-state index contributed by atoms with van der Waals surface area (Å²) in [6.07, 6.45) is 10.3. The second kappa shape index (κ2) is 6.60. The summed E-state index contributed by atoms with van der Waals surface area (Å²) in [6, 6.07) is 8.70. The predicted octanol–water partition coefficient (Wildman–Crippen LogP) is 6.11. The minimum atomic E-state index is 0.145. The lowest BCUT2D eigenvalue weighted by molar-refractivity contribution is 0.443. The summed E-state index contributed by atoms with van der Waals surface area (Å²) in [5.41, 5.74) is 6.27. The second-order valence-corrected chi connectivity index (χ2v) is 6.95. The SMILES string of the molecule is Clc1nc(Cl)c2c(n1)N(c1ccc(C3CCCCC3)cc1)C=C=C2. The van der Waals surface area contributed by atoms with Gasteiger partial charge in [0.2, 0.25) is 5.28 Å². The molecule has 2 heterocycles. The van der Waals surface area contributed by atoms with Crippen molar-refractivity contribution in [3.05, 3.63) is 57.8 Å². The average Bonchev–Trinajstić information content (AvgIpc) is 2.62. The number of nitrogens with zero attached hydrogens (tertiary/aromatic N) is 3. The molecule has 1 fully saturated rings. The van der Waals surface area contributed by atoms with Crippen LogP contribution in [0.4, 0.5) is 11.5 Å². The van der Waals surface area contributed by atoms with Gasteiger partial charge >= 0.3 is 0 Å². The molecule has 0 saturated heterocycles. The van der Waals surface area contributed by atoms with Crippen LogP contribution in [0, 0.1) is 0 Å². The van der Waals surface area contributed by atoms with E-state index in [-0.39, 0.29) is 5.28 Å². The van der Waals surface area contributed by atoms with Gasteiger partial charge in [-0.1, -0.05) is 43.0 Å². The number of rotatable bonds is 2. The van der Waals surface area contributed by atoms with Crippen molar-refractivity contribution < 1.29 is 0 Å². The highest BCUT2D eigenvalue weighted by molar-refractivity contribution is 6.33. The van der Waals surface area contributed by atoms with Gasteiger partial charge in [0.1, 0.15) is 5.15 Å². The Hall–Kier alpha value is -1.80. The van der Waals surface area contributed by atoms with E-state index in [0.29, 0.717) is 16.9 Å². The molecule has 0 atom stereocenters. The monoisotopic (exact) mass is 357 g/mol. The summed E-state index contributed by atoms with van der Waals surface area (Å²) in [4.78, 5) is 10.3. The van der Waals surface area contributed by atoms with Crippen molar-refractivity contribution in [2.75, 3.05) is 4.90 Å². The first-order valence-corrected chi connectivity index (χ1v) is 9.03. The largest absolute Gasteiger partial charge is 0.294 e. The molecule has 3 nitrogen and oxygen atoms in total. The Labute approximate surface area is 151 Å². The van der Waals surface area contributed by atoms with E-state index >= 15 is 0 Å². The van der Waals surface area contributed by atoms with Crippen LogP contribution in [0.2, 0.25) is 10.4 Å². The molecule has 1 aliphatic carbocycles. The number of halogens is 2. The zero-order valence-corrected chi connectivity index (χ0v) is 14.7. The van der Waals surface area contributed by atoms with Gasteiger partial charge in [-0.2, -0.15) is 4.98 Å². The number of benzene rings is 1. The van der Waals surface area contributed by atoms with Gasteiger partial charge in [0.15, 0.2) is 5.82 Å². The van der Waals surface area contributed by atoms with E-state index in [0.717, 1.165) is 11.3 Å². The van der Waals surface area contributed by atoms with Gasteiger partial charge in [-0.3, -0.25) is 4.90 Å². The first-order chi connectivity index (χ1) is 11.7. The van der Waals surface area contributed by atoms with Crippen molar-refractivity contribution in [2.24, 2.45) is 0 Å². The molecule has 0 N–H and O–H groups in total. The first kappa shape index (κ1) is 15.7. The molecule has 0 spiro atoms. The van der Waals surface area contributed by atoms with Crippen LogP contribution >= 0.6 is 23.2 Å². The highest BCUT2D eigenvalue weighted by atomic mass is 35.5. The van der Waals surface area contributed by atoms with E-state index in [4.69, 9.17) is 23.2 Å². The molecule has 24 heavy (non-hydrogen) atoms. The summed E-state index contributed by atoms with van der Waals surface area (Å²) in [6.45, 7) is 0. The maximum absolute atomic E-state index is 6.18. The molecule has 2 aromatic rings. The molecule has 1 aromatic heterocycles. The van der Waals surface area contributed by atoms with Crippen molar-refractivity contribution in [2.45, 2.75) is 38.0 Å². The Kier molecular flexibility index (Phi) is 4.32. The van der Waals surface area contributed by atoms with Gasteiger partial charge in [0, 0.05) is 5.69 Å². The lowest BCUT2D eigenvalue weighted by Gasteiger charge is -2.25. The summed E-state index contributed by atoms with van der Waals surface area (Å²) in [7, 11) is 0. The van der Waals surface area contributed by atoms with Crippen LogP contribution in [0.25, 0.3) is 6.08 Å². The lowest BCUT2D eigenvalue weighted by Crippen LogP contribution is -2.14. The van der Waals surface area contributed by atoms with Gasteiger partial charge in [-0.15, -0.1) is 5.73 Å². The van der Waals surface area contributed by atoms with Crippen LogP contribution in [-0.2, 0) is 0 Å². The molecule has 1 saturated carbocycles. The Morgan fingerprint density at radius 1 is 1.00 bits per heavy atom. The zero-order valence-electron chi connectivity index (χ0n) is 13.2. The van der Waals surface area contributed by atoms with E-state index in [1.807, 2.05) is 11.1 Å². The Morgan fingerprint density at radius 3 is 2.50 bits per heavy atom. The van der Waals surface area contributed by atoms with Crippen molar-refractivity contribution in [3.63, 3.8) is 0 Å². The van der Waals surface area contributed by atoms with Crippen molar-refractivity contribution in [1.82, 2.24) is 9.97 Å². The lowest BCUT2D eigenvalue weighted by atomic mass is 9.84. The van der Waals surface area contributed by atoms with Crippen molar-refractivity contribution >= 4 is 40.8 Å². The molecule has 5 heteroatoms. The number of hydrogen-bond donors (Lipinski definition) is 0. The summed E-state index contributed by atoms with van der Waals surface area (Å²) in [5, 5.41) is 0.487. The van der Waals surface area contributed by atoms with Crippen LogP contribution in [0.1, 0.15) is 49.1 Å². The van der Waals surface area contributed by atoms with Gasteiger partial charge in [-0.05, 0) is 54.1 Å². The molecule has 4 rings (SSSR count). The maximum atomic E-state index is 6.18. The zero-order chi connectivity index (χ0) is 16.5. The van der Waals surface area contributed by atoms with Crippen LogP contribution in [-0.4, -0.2) is 9.97 Å². The van der Waals surface area contributed by atoms with Crippen LogP contribution in [0.5, 0.6) is 0 Å². The number of anilines is 2. The average molecular weight is 358 g/mol. The van der Waals surface area contributed by atoms with Crippen LogP contribution < -0.4 is 4.90 Å². The van der Waals surface area contributed by atoms with Crippen LogP contribution in [0.3, 0.4) is 0 Å². The summed E-state index contributed by atoms with van der Waals surface area (Å²) in [5.74, 6) is 1.38. The maximum Gasteiger partial charge on any atom is 0.225 e. The molecule has 1 aromatic carbocycles. The normalized spacial score (nSPS) is 17.2. The van der Waals surface area contributed by atoms with Crippen molar-refractivity contribution in [1.29, 1.82) is 0 Å². The van der Waals surface area contributed by atoms with E-state index in [1.54, 1.807) is 6.08 Å². The van der Waals surface area contributed by atoms with Crippen LogP contribution in [0.15, 0.2) is 36.2 Å². The molecular formula is C19H17Cl2N3. The topological polar surface area (TPSA) is 29.0 Å². The van der Waals surface area contributed by atoms with E-state index in [2.05, 4.69) is 40.0 Å². The van der Waals surface area contributed by atoms with Crippen molar-refractivity contribution in [3.8, 4) is 0 Å². The minimum absolute atomic E-state index is 0.145. The Balaban J connectivity index is 1.67. The molecule has 0 amide bonds. The molecule has 0 radical (unpaired) electrons. The molecule has 2 aliphatic rings. The first-order valence-electron chi connectivity index (χ1n) is 8.27. The minimum Gasteiger partial charge on any atom is -0.294 e. The Bertz CT molecular complexity index is 817. The fourth-order valence-electron chi connectivity index (χ4n) is 3.51. The quantitative estimate of drug-likeness (QED) is 0.368. The molecule has 0 bridgehead atoms. The molecule has 0 unspecified atom stereocenters. The number of fused-ring (bicyclic) bond motifs is 1. The fraction of sp³-hybridized carbons (Fsp3) is 0.316. The molecular weight excluding hydrogens is 341 g/mol. The molecule has 122 valence electrons. The van der Waals surface area contributed by atoms with Gasteiger partial charge in [-0.25, -0.2) is 4.98 Å². The van der Waals surface area contributed by atoms with E-state index in [9.17, 15) is 0 Å². The number of hydrogen-bond acceptors (Lipinski definition) is 3. The third kappa shape index (κ3) is 2.95.